The van der Waals surface area contributed by atoms with Crippen LogP contribution in [0.5, 0.6) is 0 Å². The molecule has 0 aliphatic carbocycles. The molecule has 3 rings (SSSR count). The molecule has 1 heterocycles. The van der Waals surface area contributed by atoms with E-state index in [0.29, 0.717) is 17.3 Å². The fraction of sp³-hybridized carbons (Fsp3) is 0.278. The molecule has 0 saturated heterocycles. The molecule has 25 heavy (non-hydrogen) atoms. The van der Waals surface area contributed by atoms with Gasteiger partial charge in [0.2, 0.25) is 10.0 Å². The molecule has 1 aromatic heterocycles. The number of aromatic amines is 1. The van der Waals surface area contributed by atoms with Crippen molar-refractivity contribution in [2.45, 2.75) is 37.1 Å². The zero-order chi connectivity index (χ0) is 18.2. The van der Waals surface area contributed by atoms with Crippen molar-refractivity contribution >= 4 is 32.7 Å². The Kier molecular flexibility index (Phi) is 4.62. The molecule has 0 amide bonds. The summed E-state index contributed by atoms with van der Waals surface area (Å²) in [5, 5.41) is 0. The van der Waals surface area contributed by atoms with E-state index in [2.05, 4.69) is 14.7 Å². The number of hydrogen-bond acceptors (Lipinski definition) is 3. The number of sulfonamides is 1. The lowest BCUT2D eigenvalue weighted by Crippen LogP contribution is -2.40. The molecule has 0 atom stereocenters. The highest BCUT2D eigenvalue weighted by molar-refractivity contribution is 7.89. The Balaban J connectivity index is 2.12. The number of alkyl halides is 1. The van der Waals surface area contributed by atoms with Crippen LogP contribution in [0.15, 0.2) is 47.4 Å². The van der Waals surface area contributed by atoms with Crippen molar-refractivity contribution in [2.24, 2.45) is 0 Å². The number of hydrogen-bond donors (Lipinski definition) is 2. The molecule has 0 fully saturated rings. The van der Waals surface area contributed by atoms with Gasteiger partial charge in [-0.3, -0.25) is 0 Å². The fourth-order valence-corrected chi connectivity index (χ4v) is 4.47. The first-order valence-corrected chi connectivity index (χ1v) is 9.89. The van der Waals surface area contributed by atoms with E-state index in [1.807, 2.05) is 45.0 Å². The van der Waals surface area contributed by atoms with Gasteiger partial charge >= 0.3 is 0 Å². The summed E-state index contributed by atoms with van der Waals surface area (Å²) in [6.45, 7) is 5.45. The molecule has 0 spiro atoms. The third-order valence-corrected chi connectivity index (χ3v) is 5.65. The standard InChI is InChI=1S/C18H20ClN3O2S/c1-18(2,3)22-25(23,24)16-7-5-4-6-13(16)12-8-9-14-15(10-12)21-17(11-19)20-14/h4-10,22H,11H2,1-3H3,(H,20,21). The molecule has 0 unspecified atom stereocenters. The molecule has 2 aromatic carbocycles. The number of nitrogens with zero attached hydrogens (tertiary/aromatic N) is 1. The van der Waals surface area contributed by atoms with Crippen molar-refractivity contribution < 1.29 is 8.42 Å². The second-order valence-electron chi connectivity index (χ2n) is 6.90. The number of imidazole rings is 1. The summed E-state index contributed by atoms with van der Waals surface area (Å²) in [6, 6.07) is 12.6. The van der Waals surface area contributed by atoms with Crippen LogP contribution in [0.1, 0.15) is 26.6 Å². The summed E-state index contributed by atoms with van der Waals surface area (Å²) in [6.07, 6.45) is 0. The van der Waals surface area contributed by atoms with Gasteiger partial charge in [0.05, 0.1) is 21.8 Å². The fourth-order valence-electron chi connectivity index (χ4n) is 2.69. The SMILES string of the molecule is CC(C)(C)NS(=O)(=O)c1ccccc1-c1ccc2nc(CCl)[nH]c2c1. The first-order valence-electron chi connectivity index (χ1n) is 7.87. The largest absolute Gasteiger partial charge is 0.341 e. The van der Waals surface area contributed by atoms with Gasteiger partial charge in [0.1, 0.15) is 5.82 Å². The maximum absolute atomic E-state index is 12.8. The maximum atomic E-state index is 12.8. The molecule has 0 saturated carbocycles. The van der Waals surface area contributed by atoms with E-state index in [1.54, 1.807) is 18.2 Å². The smallest absolute Gasteiger partial charge is 0.241 e. The van der Waals surface area contributed by atoms with Gasteiger partial charge in [-0.1, -0.05) is 24.3 Å². The number of rotatable bonds is 4. The zero-order valence-corrected chi connectivity index (χ0v) is 15.9. The van der Waals surface area contributed by atoms with Crippen LogP contribution in [-0.4, -0.2) is 23.9 Å². The maximum Gasteiger partial charge on any atom is 0.241 e. The van der Waals surface area contributed by atoms with Crippen molar-refractivity contribution in [2.75, 3.05) is 0 Å². The van der Waals surface area contributed by atoms with Gasteiger partial charge in [-0.05, 0) is 44.5 Å². The lowest BCUT2D eigenvalue weighted by atomic mass is 10.1. The minimum absolute atomic E-state index is 0.251. The van der Waals surface area contributed by atoms with E-state index >= 15 is 0 Å². The molecule has 132 valence electrons. The minimum atomic E-state index is -3.65. The van der Waals surface area contributed by atoms with E-state index in [0.717, 1.165) is 16.6 Å². The third-order valence-electron chi connectivity index (χ3n) is 3.59. The second kappa shape index (κ2) is 6.44. The number of aromatic nitrogens is 2. The Hall–Kier alpha value is -1.89. The van der Waals surface area contributed by atoms with Crippen molar-refractivity contribution in [3.05, 3.63) is 48.3 Å². The summed E-state index contributed by atoms with van der Waals surface area (Å²) in [7, 11) is -3.65. The predicted octanol–water partition coefficient (Wildman–Crippen LogP) is 4.05. The molecular weight excluding hydrogens is 358 g/mol. The van der Waals surface area contributed by atoms with Crippen LogP contribution in [0.25, 0.3) is 22.2 Å². The highest BCUT2D eigenvalue weighted by Gasteiger charge is 2.24. The molecule has 0 aliphatic rings. The Labute approximate surface area is 152 Å². The van der Waals surface area contributed by atoms with E-state index < -0.39 is 15.6 Å². The Morgan fingerprint density at radius 3 is 2.56 bits per heavy atom. The molecule has 5 nitrogen and oxygen atoms in total. The summed E-state index contributed by atoms with van der Waals surface area (Å²) in [5.41, 5.74) is 2.50. The highest BCUT2D eigenvalue weighted by atomic mass is 35.5. The van der Waals surface area contributed by atoms with Gasteiger partial charge < -0.3 is 4.98 Å². The van der Waals surface area contributed by atoms with Crippen molar-refractivity contribution in [1.82, 2.24) is 14.7 Å². The topological polar surface area (TPSA) is 74.8 Å². The number of halogens is 1. The summed E-state index contributed by atoms with van der Waals surface area (Å²) in [5.74, 6) is 0.980. The van der Waals surface area contributed by atoms with Crippen LogP contribution in [-0.2, 0) is 15.9 Å². The summed E-state index contributed by atoms with van der Waals surface area (Å²) in [4.78, 5) is 7.76. The van der Waals surface area contributed by atoms with E-state index in [4.69, 9.17) is 11.6 Å². The monoisotopic (exact) mass is 377 g/mol. The molecule has 0 aliphatic heterocycles. The van der Waals surface area contributed by atoms with Crippen LogP contribution in [0, 0.1) is 0 Å². The number of benzene rings is 2. The predicted molar refractivity (Wildman–Crippen MR) is 101 cm³/mol. The number of H-pyrrole nitrogens is 1. The van der Waals surface area contributed by atoms with E-state index in [9.17, 15) is 8.42 Å². The molecular formula is C18H20ClN3O2S. The van der Waals surface area contributed by atoms with Gasteiger partial charge in [-0.15, -0.1) is 11.6 Å². The van der Waals surface area contributed by atoms with E-state index in [1.165, 1.54) is 0 Å². The van der Waals surface area contributed by atoms with E-state index in [-0.39, 0.29) is 4.90 Å². The Morgan fingerprint density at radius 2 is 1.88 bits per heavy atom. The first-order chi connectivity index (χ1) is 11.7. The number of fused-ring (bicyclic) bond motifs is 1. The molecule has 2 N–H and O–H groups in total. The Bertz CT molecular complexity index is 1020. The van der Waals surface area contributed by atoms with Crippen molar-refractivity contribution in [3.8, 4) is 11.1 Å². The zero-order valence-electron chi connectivity index (χ0n) is 14.3. The van der Waals surface area contributed by atoms with Crippen LogP contribution in [0.2, 0.25) is 0 Å². The van der Waals surface area contributed by atoms with Gasteiger partial charge in [-0.2, -0.15) is 0 Å². The highest BCUT2D eigenvalue weighted by Crippen LogP contribution is 2.30. The molecule has 0 bridgehead atoms. The molecule has 7 heteroatoms. The molecule has 0 radical (unpaired) electrons. The lowest BCUT2D eigenvalue weighted by Gasteiger charge is -2.21. The minimum Gasteiger partial charge on any atom is -0.341 e. The normalized spacial score (nSPS) is 12.6. The summed E-state index contributed by atoms with van der Waals surface area (Å²) >= 11 is 5.82. The second-order valence-corrected chi connectivity index (χ2v) is 8.82. The van der Waals surface area contributed by atoms with Crippen LogP contribution in [0.4, 0.5) is 0 Å². The van der Waals surface area contributed by atoms with Crippen molar-refractivity contribution in [1.29, 1.82) is 0 Å². The lowest BCUT2D eigenvalue weighted by molar-refractivity contribution is 0.491. The number of nitrogens with one attached hydrogen (secondary N) is 2. The molecule has 3 aromatic rings. The quantitative estimate of drug-likeness (QED) is 0.673. The van der Waals surface area contributed by atoms with Crippen LogP contribution < -0.4 is 4.72 Å². The van der Waals surface area contributed by atoms with Crippen LogP contribution >= 0.6 is 11.6 Å². The Morgan fingerprint density at radius 1 is 1.16 bits per heavy atom. The average molecular weight is 378 g/mol. The van der Waals surface area contributed by atoms with Gasteiger partial charge in [0.25, 0.3) is 0 Å². The average Bonchev–Trinajstić information content (AvgIpc) is 2.95. The third kappa shape index (κ3) is 3.86. The van der Waals surface area contributed by atoms with Crippen molar-refractivity contribution in [3.63, 3.8) is 0 Å². The van der Waals surface area contributed by atoms with Crippen LogP contribution in [0.3, 0.4) is 0 Å². The summed E-state index contributed by atoms with van der Waals surface area (Å²) < 4.78 is 28.3. The van der Waals surface area contributed by atoms with Gasteiger partial charge in [0.15, 0.2) is 0 Å². The van der Waals surface area contributed by atoms with Gasteiger partial charge in [0, 0.05) is 11.1 Å². The first kappa shape index (κ1) is 17.9. The van der Waals surface area contributed by atoms with Gasteiger partial charge in [-0.25, -0.2) is 18.1 Å².